The molecule has 1 aliphatic carbocycles. The molecule has 0 amide bonds. The van der Waals surface area contributed by atoms with E-state index in [1.807, 2.05) is 12.4 Å². The number of imidazole rings is 1. The number of nitrogens with one attached hydrogen (secondary N) is 1. The fourth-order valence-electron chi connectivity index (χ4n) is 2.66. The second-order valence-electron chi connectivity index (χ2n) is 5.34. The third-order valence-electron chi connectivity index (χ3n) is 3.79. The minimum Gasteiger partial charge on any atom is -0.394 e. The first-order valence-corrected chi connectivity index (χ1v) is 6.54. The Labute approximate surface area is 103 Å². The molecule has 1 aromatic heterocycles. The predicted molar refractivity (Wildman–Crippen MR) is 67.7 cm³/mol. The normalized spacial score (nSPS) is 19.1. The minimum atomic E-state index is -0.0617. The Bertz CT molecular complexity index is 353. The van der Waals surface area contributed by atoms with Crippen LogP contribution in [0.5, 0.6) is 0 Å². The van der Waals surface area contributed by atoms with Crippen LogP contribution in [0.2, 0.25) is 0 Å². The SMILES string of the molecule is CC(C)n1ccnc1CNC1(CO)CCCC1. The average molecular weight is 237 g/mol. The molecule has 1 aromatic rings. The van der Waals surface area contributed by atoms with E-state index >= 15 is 0 Å². The Hall–Kier alpha value is -0.870. The fraction of sp³-hybridized carbons (Fsp3) is 0.769. The average Bonchev–Trinajstić information content (AvgIpc) is 2.96. The number of aliphatic hydroxyl groups excluding tert-OH is 1. The summed E-state index contributed by atoms with van der Waals surface area (Å²) in [6.45, 7) is 5.28. The second kappa shape index (κ2) is 5.19. The first-order valence-electron chi connectivity index (χ1n) is 6.54. The highest BCUT2D eigenvalue weighted by Crippen LogP contribution is 2.29. The van der Waals surface area contributed by atoms with Gasteiger partial charge in [0.15, 0.2) is 0 Å². The van der Waals surface area contributed by atoms with E-state index in [0.717, 1.165) is 25.2 Å². The van der Waals surface area contributed by atoms with Crippen LogP contribution in [0.25, 0.3) is 0 Å². The Kier molecular flexibility index (Phi) is 3.84. The number of rotatable bonds is 5. The summed E-state index contributed by atoms with van der Waals surface area (Å²) in [6.07, 6.45) is 8.44. The maximum Gasteiger partial charge on any atom is 0.122 e. The Morgan fingerprint density at radius 2 is 2.18 bits per heavy atom. The summed E-state index contributed by atoms with van der Waals surface area (Å²) in [7, 11) is 0. The fourth-order valence-corrected chi connectivity index (χ4v) is 2.66. The van der Waals surface area contributed by atoms with Gasteiger partial charge >= 0.3 is 0 Å². The van der Waals surface area contributed by atoms with Gasteiger partial charge in [-0.15, -0.1) is 0 Å². The van der Waals surface area contributed by atoms with Crippen LogP contribution in [0.15, 0.2) is 12.4 Å². The van der Waals surface area contributed by atoms with E-state index in [0.29, 0.717) is 6.04 Å². The predicted octanol–water partition coefficient (Wildman–Crippen LogP) is 1.86. The number of nitrogens with zero attached hydrogens (tertiary/aromatic N) is 2. The Morgan fingerprint density at radius 3 is 2.76 bits per heavy atom. The number of aromatic nitrogens is 2. The quantitative estimate of drug-likeness (QED) is 0.822. The molecule has 1 heterocycles. The van der Waals surface area contributed by atoms with Gasteiger partial charge in [0.25, 0.3) is 0 Å². The lowest BCUT2D eigenvalue weighted by Gasteiger charge is -2.28. The number of hydrogen-bond acceptors (Lipinski definition) is 3. The van der Waals surface area contributed by atoms with Crippen LogP contribution in [0.4, 0.5) is 0 Å². The summed E-state index contributed by atoms with van der Waals surface area (Å²) in [5.41, 5.74) is -0.0617. The number of aliphatic hydroxyl groups is 1. The van der Waals surface area contributed by atoms with E-state index in [1.54, 1.807) is 0 Å². The molecule has 0 aliphatic heterocycles. The van der Waals surface area contributed by atoms with Crippen LogP contribution in [0.1, 0.15) is 51.4 Å². The molecule has 0 spiro atoms. The Morgan fingerprint density at radius 1 is 1.47 bits per heavy atom. The Balaban J connectivity index is 1.99. The van der Waals surface area contributed by atoms with Crippen molar-refractivity contribution in [1.82, 2.24) is 14.9 Å². The van der Waals surface area contributed by atoms with Crippen molar-refractivity contribution in [2.24, 2.45) is 0 Å². The molecule has 0 unspecified atom stereocenters. The molecule has 2 rings (SSSR count). The molecule has 1 saturated carbocycles. The van der Waals surface area contributed by atoms with Crippen molar-refractivity contribution in [2.45, 2.75) is 57.7 Å². The molecule has 0 saturated heterocycles. The van der Waals surface area contributed by atoms with E-state index in [9.17, 15) is 5.11 Å². The molecule has 96 valence electrons. The van der Waals surface area contributed by atoms with E-state index in [4.69, 9.17) is 0 Å². The van der Waals surface area contributed by atoms with Crippen molar-refractivity contribution in [3.05, 3.63) is 18.2 Å². The maximum atomic E-state index is 9.53. The van der Waals surface area contributed by atoms with Crippen molar-refractivity contribution in [1.29, 1.82) is 0 Å². The highest BCUT2D eigenvalue weighted by Gasteiger charge is 2.32. The van der Waals surface area contributed by atoms with Gasteiger partial charge in [0.05, 0.1) is 13.2 Å². The molecule has 0 radical (unpaired) electrons. The molecule has 4 heteroatoms. The van der Waals surface area contributed by atoms with Crippen molar-refractivity contribution >= 4 is 0 Å². The molecule has 4 nitrogen and oxygen atoms in total. The van der Waals surface area contributed by atoms with Crippen LogP contribution in [-0.2, 0) is 6.54 Å². The van der Waals surface area contributed by atoms with Gasteiger partial charge in [0, 0.05) is 24.0 Å². The smallest absolute Gasteiger partial charge is 0.122 e. The summed E-state index contributed by atoms with van der Waals surface area (Å²) < 4.78 is 2.17. The number of hydrogen-bond donors (Lipinski definition) is 2. The first-order chi connectivity index (χ1) is 8.17. The largest absolute Gasteiger partial charge is 0.394 e. The van der Waals surface area contributed by atoms with Gasteiger partial charge in [-0.05, 0) is 26.7 Å². The maximum absolute atomic E-state index is 9.53. The van der Waals surface area contributed by atoms with Gasteiger partial charge in [-0.25, -0.2) is 4.98 Å². The summed E-state index contributed by atoms with van der Waals surface area (Å²) in [6, 6.07) is 0.433. The van der Waals surface area contributed by atoms with Crippen LogP contribution >= 0.6 is 0 Å². The summed E-state index contributed by atoms with van der Waals surface area (Å²) in [5, 5.41) is 13.0. The molecule has 0 atom stereocenters. The second-order valence-corrected chi connectivity index (χ2v) is 5.34. The summed E-state index contributed by atoms with van der Waals surface area (Å²) >= 11 is 0. The molecule has 2 N–H and O–H groups in total. The molecular weight excluding hydrogens is 214 g/mol. The monoisotopic (exact) mass is 237 g/mol. The molecule has 1 aliphatic rings. The lowest BCUT2D eigenvalue weighted by molar-refractivity contribution is 0.161. The molecule has 1 fully saturated rings. The van der Waals surface area contributed by atoms with Crippen molar-refractivity contribution in [3.8, 4) is 0 Å². The van der Waals surface area contributed by atoms with Crippen molar-refractivity contribution < 1.29 is 5.11 Å². The molecule has 0 aromatic carbocycles. The third kappa shape index (κ3) is 2.69. The van der Waals surface area contributed by atoms with Crippen LogP contribution in [0, 0.1) is 0 Å². The van der Waals surface area contributed by atoms with Crippen LogP contribution in [-0.4, -0.2) is 26.8 Å². The minimum absolute atomic E-state index is 0.0617. The van der Waals surface area contributed by atoms with E-state index in [2.05, 4.69) is 28.7 Å². The highest BCUT2D eigenvalue weighted by molar-refractivity contribution is 4.98. The zero-order chi connectivity index (χ0) is 12.3. The van der Waals surface area contributed by atoms with Gasteiger partial charge in [-0.3, -0.25) is 0 Å². The highest BCUT2D eigenvalue weighted by atomic mass is 16.3. The molecule has 0 bridgehead atoms. The van der Waals surface area contributed by atoms with Gasteiger partial charge < -0.3 is 15.0 Å². The van der Waals surface area contributed by atoms with Gasteiger partial charge in [-0.1, -0.05) is 12.8 Å². The van der Waals surface area contributed by atoms with Gasteiger partial charge in [-0.2, -0.15) is 0 Å². The molecular formula is C13H23N3O. The lowest BCUT2D eigenvalue weighted by atomic mass is 9.99. The van der Waals surface area contributed by atoms with Gasteiger partial charge in [0.2, 0.25) is 0 Å². The molecule has 17 heavy (non-hydrogen) atoms. The van der Waals surface area contributed by atoms with Crippen LogP contribution < -0.4 is 5.32 Å². The van der Waals surface area contributed by atoms with E-state index < -0.39 is 0 Å². The van der Waals surface area contributed by atoms with Crippen molar-refractivity contribution in [2.75, 3.05) is 6.61 Å². The standard InChI is InChI=1S/C13H23N3O/c1-11(2)16-8-7-14-12(16)9-15-13(10-17)5-3-4-6-13/h7-8,11,15,17H,3-6,9-10H2,1-2H3. The topological polar surface area (TPSA) is 50.1 Å². The van der Waals surface area contributed by atoms with Crippen LogP contribution in [0.3, 0.4) is 0 Å². The zero-order valence-electron chi connectivity index (χ0n) is 10.8. The first kappa shape index (κ1) is 12.6. The summed E-state index contributed by atoms with van der Waals surface area (Å²) in [5.74, 6) is 1.06. The van der Waals surface area contributed by atoms with Gasteiger partial charge in [0.1, 0.15) is 5.82 Å². The zero-order valence-corrected chi connectivity index (χ0v) is 10.8. The third-order valence-corrected chi connectivity index (χ3v) is 3.79. The lowest BCUT2D eigenvalue weighted by Crippen LogP contribution is -2.45. The van der Waals surface area contributed by atoms with Crippen molar-refractivity contribution in [3.63, 3.8) is 0 Å². The van der Waals surface area contributed by atoms with E-state index in [1.165, 1.54) is 12.8 Å². The summed E-state index contributed by atoms with van der Waals surface area (Å²) in [4.78, 5) is 4.38. The van der Waals surface area contributed by atoms with E-state index in [-0.39, 0.29) is 12.1 Å².